The van der Waals surface area contributed by atoms with Crippen molar-refractivity contribution in [3.8, 4) is 0 Å². The molecule has 0 aromatic rings. The van der Waals surface area contributed by atoms with Gasteiger partial charge in [-0.25, -0.2) is 0 Å². The fourth-order valence-electron chi connectivity index (χ4n) is 9.74. The van der Waals surface area contributed by atoms with Crippen molar-refractivity contribution >= 4 is 17.9 Å². The monoisotopic (exact) mass is 987 g/mol. The van der Waals surface area contributed by atoms with E-state index in [2.05, 4.69) is 32.9 Å². The number of ether oxygens (including phenoxy) is 3. The molecule has 0 rings (SSSR count). The van der Waals surface area contributed by atoms with Crippen LogP contribution in [0.15, 0.2) is 12.2 Å². The lowest BCUT2D eigenvalue weighted by Crippen LogP contribution is -2.30. The fourth-order valence-corrected chi connectivity index (χ4v) is 9.74. The Morgan fingerprint density at radius 2 is 0.471 bits per heavy atom. The van der Waals surface area contributed by atoms with E-state index in [9.17, 15) is 14.4 Å². The average molecular weight is 988 g/mol. The molecule has 70 heavy (non-hydrogen) atoms. The van der Waals surface area contributed by atoms with Gasteiger partial charge in [-0.15, -0.1) is 0 Å². The fraction of sp³-hybridized carbons (Fsp3) is 0.922. The molecule has 6 nitrogen and oxygen atoms in total. The molecule has 6 heteroatoms. The van der Waals surface area contributed by atoms with Crippen LogP contribution < -0.4 is 0 Å². The van der Waals surface area contributed by atoms with Gasteiger partial charge in [0.1, 0.15) is 13.2 Å². The van der Waals surface area contributed by atoms with Crippen molar-refractivity contribution in [1.29, 1.82) is 0 Å². The molecule has 0 amide bonds. The second-order valence-electron chi connectivity index (χ2n) is 21.7. The van der Waals surface area contributed by atoms with E-state index in [0.717, 1.165) is 57.8 Å². The Morgan fingerprint density at radius 3 is 0.714 bits per heavy atom. The van der Waals surface area contributed by atoms with Gasteiger partial charge in [-0.2, -0.15) is 0 Å². The van der Waals surface area contributed by atoms with Gasteiger partial charge in [0.05, 0.1) is 0 Å². The summed E-state index contributed by atoms with van der Waals surface area (Å²) in [6.45, 7) is 6.67. The van der Waals surface area contributed by atoms with Crippen LogP contribution in [-0.4, -0.2) is 37.2 Å². The zero-order valence-corrected chi connectivity index (χ0v) is 47.6. The quantitative estimate of drug-likeness (QED) is 0.0261. The minimum absolute atomic E-state index is 0.0631. The van der Waals surface area contributed by atoms with E-state index in [0.29, 0.717) is 19.3 Å². The van der Waals surface area contributed by atoms with Gasteiger partial charge < -0.3 is 14.2 Å². The number of hydrogen-bond acceptors (Lipinski definition) is 6. The van der Waals surface area contributed by atoms with Gasteiger partial charge in [0.15, 0.2) is 6.10 Å². The first kappa shape index (κ1) is 68.2. The third kappa shape index (κ3) is 57.1. The third-order valence-corrected chi connectivity index (χ3v) is 14.5. The maximum atomic E-state index is 12.8. The van der Waals surface area contributed by atoms with Crippen molar-refractivity contribution < 1.29 is 28.6 Å². The molecule has 0 bridgehead atoms. The summed E-state index contributed by atoms with van der Waals surface area (Å²) in [4.78, 5) is 38.0. The highest BCUT2D eigenvalue weighted by Gasteiger charge is 2.19. The van der Waals surface area contributed by atoms with Crippen molar-refractivity contribution in [3.05, 3.63) is 12.2 Å². The number of hydrogen-bond donors (Lipinski definition) is 0. The van der Waals surface area contributed by atoms with Gasteiger partial charge in [0.2, 0.25) is 0 Å². The van der Waals surface area contributed by atoms with Gasteiger partial charge in [-0.1, -0.05) is 309 Å². The summed E-state index contributed by atoms with van der Waals surface area (Å²) in [6.07, 6.45) is 69.7. The van der Waals surface area contributed by atoms with Crippen LogP contribution in [0.3, 0.4) is 0 Å². The molecule has 0 N–H and O–H groups in total. The molecule has 1 atom stereocenters. The van der Waals surface area contributed by atoms with Crippen molar-refractivity contribution in [2.45, 2.75) is 367 Å². The molecule has 0 radical (unpaired) electrons. The van der Waals surface area contributed by atoms with Crippen LogP contribution >= 0.6 is 0 Å². The molecule has 1 unspecified atom stereocenters. The molecule has 0 fully saturated rings. The highest BCUT2D eigenvalue weighted by atomic mass is 16.6. The predicted molar refractivity (Wildman–Crippen MR) is 303 cm³/mol. The van der Waals surface area contributed by atoms with E-state index < -0.39 is 6.10 Å². The Labute approximate surface area is 437 Å². The van der Waals surface area contributed by atoms with Crippen LogP contribution in [0.25, 0.3) is 0 Å². The Hall–Kier alpha value is -1.85. The van der Waals surface area contributed by atoms with Crippen LogP contribution in [0.1, 0.15) is 361 Å². The molecule has 0 aliphatic carbocycles. The Morgan fingerprint density at radius 1 is 0.271 bits per heavy atom. The molecular weight excluding hydrogens is 865 g/mol. The molecule has 414 valence electrons. The molecular formula is C64H122O6. The number of rotatable bonds is 59. The van der Waals surface area contributed by atoms with E-state index in [4.69, 9.17) is 14.2 Å². The highest BCUT2D eigenvalue weighted by molar-refractivity contribution is 5.71. The summed E-state index contributed by atoms with van der Waals surface area (Å²) in [6, 6.07) is 0. The van der Waals surface area contributed by atoms with Crippen LogP contribution in [0.2, 0.25) is 0 Å². The lowest BCUT2D eigenvalue weighted by molar-refractivity contribution is -0.167. The minimum Gasteiger partial charge on any atom is -0.462 e. The Balaban J connectivity index is 3.97. The number of esters is 3. The predicted octanol–water partition coefficient (Wildman–Crippen LogP) is 21.3. The number of carbonyl (C=O) groups excluding carboxylic acids is 3. The number of allylic oxidation sites excluding steroid dienone is 2. The molecule has 0 aliphatic rings. The minimum atomic E-state index is -0.761. The van der Waals surface area contributed by atoms with Crippen LogP contribution in [0.5, 0.6) is 0 Å². The van der Waals surface area contributed by atoms with Crippen molar-refractivity contribution in [3.63, 3.8) is 0 Å². The lowest BCUT2D eigenvalue weighted by Gasteiger charge is -2.18. The van der Waals surface area contributed by atoms with Crippen molar-refractivity contribution in [1.82, 2.24) is 0 Å². The molecule has 0 saturated heterocycles. The van der Waals surface area contributed by atoms with E-state index in [1.165, 1.54) is 263 Å². The topological polar surface area (TPSA) is 78.9 Å². The molecule has 0 heterocycles. The molecule has 0 spiro atoms. The zero-order valence-electron chi connectivity index (χ0n) is 47.6. The maximum absolute atomic E-state index is 12.8. The second kappa shape index (κ2) is 59.7. The summed E-state index contributed by atoms with van der Waals surface area (Å²) in [5.41, 5.74) is 0. The lowest BCUT2D eigenvalue weighted by atomic mass is 10.0. The molecule has 0 aromatic heterocycles. The number of unbranched alkanes of at least 4 members (excludes halogenated alkanes) is 46. The summed E-state index contributed by atoms with van der Waals surface area (Å²) in [5.74, 6) is -0.842. The summed E-state index contributed by atoms with van der Waals surface area (Å²) in [5, 5.41) is 0. The van der Waals surface area contributed by atoms with E-state index >= 15 is 0 Å². The van der Waals surface area contributed by atoms with Crippen LogP contribution in [0, 0.1) is 0 Å². The van der Waals surface area contributed by atoms with E-state index in [-0.39, 0.29) is 31.1 Å². The van der Waals surface area contributed by atoms with Gasteiger partial charge in [0, 0.05) is 19.3 Å². The summed E-state index contributed by atoms with van der Waals surface area (Å²) >= 11 is 0. The molecule has 0 aliphatic heterocycles. The normalized spacial score (nSPS) is 12.0. The third-order valence-electron chi connectivity index (χ3n) is 14.5. The first-order valence-corrected chi connectivity index (χ1v) is 31.7. The smallest absolute Gasteiger partial charge is 0.306 e. The average Bonchev–Trinajstić information content (AvgIpc) is 3.36. The second-order valence-corrected chi connectivity index (χ2v) is 21.7. The van der Waals surface area contributed by atoms with Crippen molar-refractivity contribution in [2.24, 2.45) is 0 Å². The highest BCUT2D eigenvalue weighted by Crippen LogP contribution is 2.18. The Bertz CT molecular complexity index is 1090. The Kier molecular flexibility index (Phi) is 58.1. The van der Waals surface area contributed by atoms with Crippen molar-refractivity contribution in [2.75, 3.05) is 13.2 Å². The SMILES string of the molecule is CCCCCCCCCC/C=C\CCCCCCCCCCCCCCCCCCCCCC(=O)OCC(COC(=O)CCCCCCCCCCC)OC(=O)CCCCCCCCCCCCCC. The standard InChI is InChI=1S/C64H122O6/c1-4-7-10-13-16-19-21-23-24-25-26-27-28-29-30-31-32-33-34-35-36-37-38-39-40-41-43-45-48-51-54-57-63(66)69-60-61(59-68-62(65)56-53-50-47-44-18-15-12-9-6-3)70-64(67)58-55-52-49-46-42-22-20-17-14-11-8-5-2/h25-26,61H,4-24,27-60H2,1-3H3/b26-25-. The zero-order chi connectivity index (χ0) is 50.7. The summed E-state index contributed by atoms with van der Waals surface area (Å²) in [7, 11) is 0. The first-order chi connectivity index (χ1) is 34.5. The number of carbonyl (C=O) groups is 3. The van der Waals surface area contributed by atoms with Gasteiger partial charge in [-0.05, 0) is 44.9 Å². The van der Waals surface area contributed by atoms with Gasteiger partial charge >= 0.3 is 17.9 Å². The summed E-state index contributed by atoms with van der Waals surface area (Å²) < 4.78 is 16.8. The van der Waals surface area contributed by atoms with E-state index in [1.807, 2.05) is 0 Å². The first-order valence-electron chi connectivity index (χ1n) is 31.7. The van der Waals surface area contributed by atoms with E-state index in [1.54, 1.807) is 0 Å². The van der Waals surface area contributed by atoms with Gasteiger partial charge in [0.25, 0.3) is 0 Å². The van der Waals surface area contributed by atoms with Crippen LogP contribution in [0.4, 0.5) is 0 Å². The molecule has 0 aromatic carbocycles. The van der Waals surface area contributed by atoms with Crippen LogP contribution in [-0.2, 0) is 28.6 Å². The largest absolute Gasteiger partial charge is 0.462 e. The maximum Gasteiger partial charge on any atom is 0.306 e. The van der Waals surface area contributed by atoms with Gasteiger partial charge in [-0.3, -0.25) is 14.4 Å². The molecule has 0 saturated carbocycles.